The molecule has 3 rings (SSSR count). The van der Waals surface area contributed by atoms with E-state index in [2.05, 4.69) is 38.1 Å². The maximum Gasteiger partial charge on any atom is 0.309 e. The van der Waals surface area contributed by atoms with Crippen molar-refractivity contribution in [1.82, 2.24) is 0 Å². The molecule has 2 heteroatoms. The van der Waals surface area contributed by atoms with Gasteiger partial charge in [-0.25, -0.2) is 0 Å². The van der Waals surface area contributed by atoms with Gasteiger partial charge in [0.1, 0.15) is 6.10 Å². The number of benzene rings is 1. The average Bonchev–Trinajstić information content (AvgIpc) is 2.76. The molecular weight excluding hydrogens is 356 g/mol. The van der Waals surface area contributed by atoms with Crippen LogP contribution in [0.1, 0.15) is 114 Å². The van der Waals surface area contributed by atoms with E-state index in [0.29, 0.717) is 5.92 Å². The third-order valence-electron chi connectivity index (χ3n) is 7.35. The predicted molar refractivity (Wildman–Crippen MR) is 121 cm³/mol. The molecule has 0 N–H and O–H groups in total. The van der Waals surface area contributed by atoms with Gasteiger partial charge in [0.2, 0.25) is 0 Å². The van der Waals surface area contributed by atoms with E-state index in [1.54, 1.807) is 0 Å². The van der Waals surface area contributed by atoms with Gasteiger partial charge >= 0.3 is 5.97 Å². The fraction of sp³-hybridized carbons (Fsp3) is 0.741. The van der Waals surface area contributed by atoms with E-state index in [1.165, 1.54) is 62.5 Å². The van der Waals surface area contributed by atoms with Crippen molar-refractivity contribution < 1.29 is 9.53 Å². The summed E-state index contributed by atoms with van der Waals surface area (Å²) in [5, 5.41) is 0. The number of ether oxygens (including phenoxy) is 1. The van der Waals surface area contributed by atoms with Crippen molar-refractivity contribution in [2.45, 2.75) is 116 Å². The number of unbranched alkanes of at least 4 members (excludes halogenated alkanes) is 2. The lowest BCUT2D eigenvalue weighted by atomic mass is 9.78. The van der Waals surface area contributed by atoms with Crippen LogP contribution in [0.25, 0.3) is 0 Å². The van der Waals surface area contributed by atoms with Crippen LogP contribution in [0.3, 0.4) is 0 Å². The second-order valence-electron chi connectivity index (χ2n) is 9.62. The Morgan fingerprint density at radius 3 is 2.17 bits per heavy atom. The number of hydrogen-bond donors (Lipinski definition) is 0. The van der Waals surface area contributed by atoms with Crippen LogP contribution >= 0.6 is 0 Å². The molecule has 1 aromatic rings. The molecule has 2 fully saturated rings. The van der Waals surface area contributed by atoms with Crippen molar-refractivity contribution in [3.8, 4) is 0 Å². The number of hydrogen-bond acceptors (Lipinski definition) is 2. The van der Waals surface area contributed by atoms with Gasteiger partial charge in [-0.3, -0.25) is 4.79 Å². The Bertz CT molecular complexity index is 589. The third kappa shape index (κ3) is 6.86. The van der Waals surface area contributed by atoms with Gasteiger partial charge in [-0.05, 0) is 87.2 Å². The van der Waals surface area contributed by atoms with E-state index in [4.69, 9.17) is 4.74 Å². The van der Waals surface area contributed by atoms with Crippen LogP contribution in [0.4, 0.5) is 0 Å². The zero-order valence-corrected chi connectivity index (χ0v) is 18.8. The molecule has 2 nitrogen and oxygen atoms in total. The SMILES string of the molecule is CCCCCc1ccc(C2CCC(C(=O)OC3CCC(CCC)CC3)CC2)cc1. The highest BCUT2D eigenvalue weighted by atomic mass is 16.5. The molecule has 1 aromatic carbocycles. The molecule has 0 aliphatic heterocycles. The molecule has 162 valence electrons. The van der Waals surface area contributed by atoms with Gasteiger partial charge in [-0.1, -0.05) is 63.8 Å². The highest BCUT2D eigenvalue weighted by Crippen LogP contribution is 2.37. The molecule has 0 amide bonds. The zero-order chi connectivity index (χ0) is 20.5. The topological polar surface area (TPSA) is 26.3 Å². The van der Waals surface area contributed by atoms with Gasteiger partial charge in [0.25, 0.3) is 0 Å². The average molecular weight is 399 g/mol. The van der Waals surface area contributed by atoms with Crippen molar-refractivity contribution in [2.24, 2.45) is 11.8 Å². The number of rotatable bonds is 9. The van der Waals surface area contributed by atoms with Crippen molar-refractivity contribution >= 4 is 5.97 Å². The summed E-state index contributed by atoms with van der Waals surface area (Å²) in [6.07, 6.45) is 16.8. The molecule has 0 bridgehead atoms. The van der Waals surface area contributed by atoms with E-state index in [1.807, 2.05) is 0 Å². The standard InChI is InChI=1S/C27H42O2/c1-3-5-6-8-22-9-13-23(14-10-22)24-15-17-25(18-16-24)27(28)29-26-19-11-21(7-4-2)12-20-26/h9-10,13-14,21,24-26H,3-8,11-12,15-20H2,1-2H3. The van der Waals surface area contributed by atoms with E-state index in [-0.39, 0.29) is 18.0 Å². The molecule has 0 atom stereocenters. The lowest BCUT2D eigenvalue weighted by molar-refractivity contribution is -0.157. The fourth-order valence-corrected chi connectivity index (χ4v) is 5.41. The summed E-state index contributed by atoms with van der Waals surface area (Å²) in [7, 11) is 0. The first-order chi connectivity index (χ1) is 14.2. The van der Waals surface area contributed by atoms with Gasteiger partial charge < -0.3 is 4.74 Å². The molecule has 29 heavy (non-hydrogen) atoms. The molecule has 0 radical (unpaired) electrons. The van der Waals surface area contributed by atoms with Crippen LogP contribution < -0.4 is 0 Å². The summed E-state index contributed by atoms with van der Waals surface area (Å²) in [4.78, 5) is 12.7. The van der Waals surface area contributed by atoms with Crippen molar-refractivity contribution in [2.75, 3.05) is 0 Å². The molecular formula is C27H42O2. The summed E-state index contributed by atoms with van der Waals surface area (Å²) < 4.78 is 5.92. The molecule has 0 saturated heterocycles. The van der Waals surface area contributed by atoms with Crippen LogP contribution in [-0.4, -0.2) is 12.1 Å². The summed E-state index contributed by atoms with van der Waals surface area (Å²) in [6.45, 7) is 4.53. The fourth-order valence-electron chi connectivity index (χ4n) is 5.41. The first-order valence-electron chi connectivity index (χ1n) is 12.5. The van der Waals surface area contributed by atoms with Crippen LogP contribution in [0.2, 0.25) is 0 Å². The largest absolute Gasteiger partial charge is 0.462 e. The van der Waals surface area contributed by atoms with Crippen molar-refractivity contribution in [3.63, 3.8) is 0 Å². The van der Waals surface area contributed by atoms with Gasteiger partial charge in [-0.15, -0.1) is 0 Å². The maximum atomic E-state index is 12.7. The first kappa shape index (κ1) is 22.4. The Labute approximate surface area is 178 Å². The smallest absolute Gasteiger partial charge is 0.309 e. The molecule has 2 aliphatic rings. The van der Waals surface area contributed by atoms with Crippen molar-refractivity contribution in [3.05, 3.63) is 35.4 Å². The second kappa shape index (κ2) is 11.8. The lowest BCUT2D eigenvalue weighted by Gasteiger charge is -2.31. The van der Waals surface area contributed by atoms with Crippen LogP contribution in [0.5, 0.6) is 0 Å². The van der Waals surface area contributed by atoms with Gasteiger partial charge in [0.15, 0.2) is 0 Å². The minimum atomic E-state index is 0.0914. The van der Waals surface area contributed by atoms with Gasteiger partial charge in [0.05, 0.1) is 5.92 Å². The Hall–Kier alpha value is -1.31. The lowest BCUT2D eigenvalue weighted by Crippen LogP contribution is -2.29. The quantitative estimate of drug-likeness (QED) is 0.316. The Kier molecular flexibility index (Phi) is 9.08. The van der Waals surface area contributed by atoms with E-state index < -0.39 is 0 Å². The molecule has 2 saturated carbocycles. The maximum absolute atomic E-state index is 12.7. The van der Waals surface area contributed by atoms with Gasteiger partial charge in [-0.2, -0.15) is 0 Å². The highest BCUT2D eigenvalue weighted by Gasteiger charge is 2.31. The highest BCUT2D eigenvalue weighted by molar-refractivity contribution is 5.72. The first-order valence-corrected chi connectivity index (χ1v) is 12.5. The monoisotopic (exact) mass is 398 g/mol. The minimum Gasteiger partial charge on any atom is -0.462 e. The summed E-state index contributed by atoms with van der Waals surface area (Å²) in [6, 6.07) is 9.30. The van der Waals surface area contributed by atoms with E-state index >= 15 is 0 Å². The Morgan fingerprint density at radius 1 is 0.862 bits per heavy atom. The Morgan fingerprint density at radius 2 is 1.55 bits per heavy atom. The normalized spacial score (nSPS) is 27.5. The third-order valence-corrected chi connectivity index (χ3v) is 7.35. The molecule has 0 aromatic heterocycles. The summed E-state index contributed by atoms with van der Waals surface area (Å²) >= 11 is 0. The molecule has 0 heterocycles. The van der Waals surface area contributed by atoms with Gasteiger partial charge in [0, 0.05) is 0 Å². The second-order valence-corrected chi connectivity index (χ2v) is 9.62. The summed E-state index contributed by atoms with van der Waals surface area (Å²) in [5.41, 5.74) is 2.93. The van der Waals surface area contributed by atoms with Crippen LogP contribution in [-0.2, 0) is 16.0 Å². The van der Waals surface area contributed by atoms with Crippen LogP contribution in [0.15, 0.2) is 24.3 Å². The summed E-state index contributed by atoms with van der Waals surface area (Å²) in [5.74, 6) is 1.71. The van der Waals surface area contributed by atoms with Crippen LogP contribution in [0, 0.1) is 11.8 Å². The molecule has 0 unspecified atom stereocenters. The zero-order valence-electron chi connectivity index (χ0n) is 18.8. The number of carbonyl (C=O) groups is 1. The number of carbonyl (C=O) groups excluding carboxylic acids is 1. The Balaban J connectivity index is 1.39. The molecule has 0 spiro atoms. The predicted octanol–water partition coefficient (Wildman–Crippen LogP) is 7.60. The molecule has 2 aliphatic carbocycles. The van der Waals surface area contributed by atoms with Crippen molar-refractivity contribution in [1.29, 1.82) is 0 Å². The van der Waals surface area contributed by atoms with E-state index in [0.717, 1.165) is 44.4 Å². The minimum absolute atomic E-state index is 0.0914. The van der Waals surface area contributed by atoms with E-state index in [9.17, 15) is 4.79 Å². The number of aryl methyl sites for hydroxylation is 1. The number of esters is 1.